The van der Waals surface area contributed by atoms with Crippen molar-refractivity contribution in [3.63, 3.8) is 0 Å². The molecule has 0 radical (unpaired) electrons. The first-order valence-electron chi connectivity index (χ1n) is 6.86. The number of rotatable bonds is 6. The minimum absolute atomic E-state index is 0.0133. The Hall–Kier alpha value is -1.06. The second kappa shape index (κ2) is 6.76. The van der Waals surface area contributed by atoms with Crippen molar-refractivity contribution < 1.29 is 9.47 Å². The van der Waals surface area contributed by atoms with Gasteiger partial charge in [-0.25, -0.2) is 0 Å². The van der Waals surface area contributed by atoms with Crippen LogP contribution >= 0.6 is 0 Å². The average Bonchev–Trinajstić information content (AvgIpc) is 2.88. The van der Waals surface area contributed by atoms with Crippen LogP contribution in [-0.2, 0) is 4.74 Å². The predicted molar refractivity (Wildman–Crippen MR) is 72.7 cm³/mol. The van der Waals surface area contributed by atoms with Crippen LogP contribution in [0.15, 0.2) is 24.3 Å². The summed E-state index contributed by atoms with van der Waals surface area (Å²) in [5, 5.41) is 0. The second-order valence-electron chi connectivity index (χ2n) is 4.95. The summed E-state index contributed by atoms with van der Waals surface area (Å²) in [6.07, 6.45) is 5.01. The van der Waals surface area contributed by atoms with Gasteiger partial charge in [0.25, 0.3) is 0 Å². The van der Waals surface area contributed by atoms with Gasteiger partial charge in [-0.3, -0.25) is 0 Å². The maximum Gasteiger partial charge on any atom is 0.124 e. The zero-order valence-corrected chi connectivity index (χ0v) is 11.1. The largest absolute Gasteiger partial charge is 0.493 e. The summed E-state index contributed by atoms with van der Waals surface area (Å²) >= 11 is 0. The molecule has 1 unspecified atom stereocenters. The molecule has 0 saturated carbocycles. The van der Waals surface area contributed by atoms with Crippen LogP contribution in [0.25, 0.3) is 0 Å². The third-order valence-electron chi connectivity index (χ3n) is 3.36. The van der Waals surface area contributed by atoms with E-state index in [1.165, 1.54) is 12.8 Å². The molecule has 2 rings (SSSR count). The highest BCUT2D eigenvalue weighted by Crippen LogP contribution is 2.24. The fourth-order valence-electron chi connectivity index (χ4n) is 2.35. The van der Waals surface area contributed by atoms with Crippen molar-refractivity contribution in [1.29, 1.82) is 0 Å². The number of hydrogen-bond acceptors (Lipinski definition) is 3. The maximum atomic E-state index is 5.92. The van der Waals surface area contributed by atoms with E-state index in [9.17, 15) is 0 Å². The molecule has 2 atom stereocenters. The fraction of sp³-hybridized carbons (Fsp3) is 0.600. The summed E-state index contributed by atoms with van der Waals surface area (Å²) in [6, 6.07) is 8.02. The van der Waals surface area contributed by atoms with Gasteiger partial charge in [-0.2, -0.15) is 0 Å². The molecular formula is C15H23NO2. The van der Waals surface area contributed by atoms with Gasteiger partial charge in [-0.1, -0.05) is 18.2 Å². The Balaban J connectivity index is 1.75. The summed E-state index contributed by atoms with van der Waals surface area (Å²) in [4.78, 5) is 0. The predicted octanol–water partition coefficient (Wildman–Crippen LogP) is 3.04. The molecule has 3 heteroatoms. The van der Waals surface area contributed by atoms with Gasteiger partial charge in [0.2, 0.25) is 0 Å². The zero-order chi connectivity index (χ0) is 12.8. The SMILES string of the molecule is C[C@H](N)c1ccccc1OCCCC1CCCO1. The monoisotopic (exact) mass is 249 g/mol. The highest BCUT2D eigenvalue weighted by molar-refractivity contribution is 5.35. The number of benzene rings is 1. The van der Waals surface area contributed by atoms with Crippen LogP contribution in [0.4, 0.5) is 0 Å². The Morgan fingerprint density at radius 2 is 2.28 bits per heavy atom. The van der Waals surface area contributed by atoms with Crippen molar-refractivity contribution in [3.05, 3.63) is 29.8 Å². The quantitative estimate of drug-likeness (QED) is 0.788. The van der Waals surface area contributed by atoms with Gasteiger partial charge in [0.1, 0.15) is 5.75 Å². The lowest BCUT2D eigenvalue weighted by molar-refractivity contribution is 0.0980. The van der Waals surface area contributed by atoms with Gasteiger partial charge in [-0.15, -0.1) is 0 Å². The summed E-state index contributed by atoms with van der Waals surface area (Å²) in [5.41, 5.74) is 7.00. The minimum Gasteiger partial charge on any atom is -0.493 e. The van der Waals surface area contributed by atoms with Gasteiger partial charge in [-0.05, 0) is 38.7 Å². The molecule has 1 fully saturated rings. The van der Waals surface area contributed by atoms with E-state index in [2.05, 4.69) is 0 Å². The fourth-order valence-corrected chi connectivity index (χ4v) is 2.35. The number of hydrogen-bond donors (Lipinski definition) is 1. The van der Waals surface area contributed by atoms with E-state index in [1.54, 1.807) is 0 Å². The van der Waals surface area contributed by atoms with Crippen molar-refractivity contribution in [2.24, 2.45) is 5.73 Å². The summed E-state index contributed by atoms with van der Waals surface area (Å²) in [7, 11) is 0. The molecule has 0 aliphatic carbocycles. The second-order valence-corrected chi connectivity index (χ2v) is 4.95. The van der Waals surface area contributed by atoms with E-state index in [0.29, 0.717) is 6.10 Å². The van der Waals surface area contributed by atoms with Crippen LogP contribution in [0.1, 0.15) is 44.2 Å². The van der Waals surface area contributed by atoms with Gasteiger partial charge >= 0.3 is 0 Å². The van der Waals surface area contributed by atoms with E-state index < -0.39 is 0 Å². The lowest BCUT2D eigenvalue weighted by Crippen LogP contribution is -2.10. The van der Waals surface area contributed by atoms with E-state index in [4.69, 9.17) is 15.2 Å². The highest BCUT2D eigenvalue weighted by atomic mass is 16.5. The molecule has 0 spiro atoms. The summed E-state index contributed by atoms with van der Waals surface area (Å²) < 4.78 is 11.4. The first-order valence-corrected chi connectivity index (χ1v) is 6.86. The number of ether oxygens (including phenoxy) is 2. The molecule has 2 N–H and O–H groups in total. The van der Waals surface area contributed by atoms with E-state index in [-0.39, 0.29) is 6.04 Å². The van der Waals surface area contributed by atoms with Gasteiger partial charge in [0, 0.05) is 18.2 Å². The Morgan fingerprint density at radius 3 is 3.00 bits per heavy atom. The summed E-state index contributed by atoms with van der Waals surface area (Å²) in [6.45, 7) is 3.65. The Labute approximate surface area is 109 Å². The van der Waals surface area contributed by atoms with Crippen LogP contribution in [0.2, 0.25) is 0 Å². The molecule has 0 bridgehead atoms. The average molecular weight is 249 g/mol. The highest BCUT2D eigenvalue weighted by Gasteiger charge is 2.14. The molecule has 1 aliphatic rings. The molecule has 0 amide bonds. The Morgan fingerprint density at radius 1 is 1.44 bits per heavy atom. The first kappa shape index (κ1) is 13.4. The maximum absolute atomic E-state index is 5.92. The minimum atomic E-state index is 0.0133. The molecule has 1 aromatic carbocycles. The summed E-state index contributed by atoms with van der Waals surface area (Å²) in [5.74, 6) is 0.917. The van der Waals surface area contributed by atoms with Crippen LogP contribution < -0.4 is 10.5 Å². The molecule has 18 heavy (non-hydrogen) atoms. The third kappa shape index (κ3) is 3.72. The van der Waals surface area contributed by atoms with Crippen molar-refractivity contribution in [1.82, 2.24) is 0 Å². The van der Waals surface area contributed by atoms with Gasteiger partial charge in [0.05, 0.1) is 12.7 Å². The number of para-hydroxylation sites is 1. The lowest BCUT2D eigenvalue weighted by atomic mass is 10.1. The van der Waals surface area contributed by atoms with E-state index >= 15 is 0 Å². The molecular weight excluding hydrogens is 226 g/mol. The number of nitrogens with two attached hydrogens (primary N) is 1. The van der Waals surface area contributed by atoms with Gasteiger partial charge < -0.3 is 15.2 Å². The van der Waals surface area contributed by atoms with Crippen molar-refractivity contribution in [2.45, 2.75) is 44.8 Å². The molecule has 1 heterocycles. The standard InChI is InChI=1S/C15H23NO2/c1-12(16)14-8-2-3-9-15(14)18-11-5-7-13-6-4-10-17-13/h2-3,8-9,12-13H,4-7,10-11,16H2,1H3/t12-,13?/m0/s1. The molecule has 1 saturated heterocycles. The Kier molecular flexibility index (Phi) is 5.02. The normalized spacial score (nSPS) is 20.9. The molecule has 1 aliphatic heterocycles. The molecule has 3 nitrogen and oxygen atoms in total. The lowest BCUT2D eigenvalue weighted by Gasteiger charge is -2.14. The van der Waals surface area contributed by atoms with Crippen molar-refractivity contribution in [3.8, 4) is 5.75 Å². The van der Waals surface area contributed by atoms with Crippen LogP contribution in [-0.4, -0.2) is 19.3 Å². The van der Waals surface area contributed by atoms with Gasteiger partial charge in [0.15, 0.2) is 0 Å². The van der Waals surface area contributed by atoms with E-state index in [0.717, 1.165) is 37.4 Å². The zero-order valence-electron chi connectivity index (χ0n) is 11.1. The van der Waals surface area contributed by atoms with Crippen LogP contribution in [0, 0.1) is 0 Å². The van der Waals surface area contributed by atoms with E-state index in [1.807, 2.05) is 31.2 Å². The molecule has 0 aromatic heterocycles. The Bertz CT molecular complexity index is 359. The third-order valence-corrected chi connectivity index (χ3v) is 3.36. The first-order chi connectivity index (χ1) is 8.77. The topological polar surface area (TPSA) is 44.5 Å². The van der Waals surface area contributed by atoms with Crippen molar-refractivity contribution in [2.75, 3.05) is 13.2 Å². The van der Waals surface area contributed by atoms with Crippen molar-refractivity contribution >= 4 is 0 Å². The molecule has 100 valence electrons. The van der Waals surface area contributed by atoms with Crippen LogP contribution in [0.5, 0.6) is 5.75 Å². The molecule has 1 aromatic rings. The smallest absolute Gasteiger partial charge is 0.124 e. The van der Waals surface area contributed by atoms with Crippen LogP contribution in [0.3, 0.4) is 0 Å².